The third-order valence-electron chi connectivity index (χ3n) is 6.62. The number of halogens is 1. The Balaban J connectivity index is 1.24. The van der Waals surface area contributed by atoms with Crippen LogP contribution in [0.25, 0.3) is 22.0 Å². The number of benzene rings is 2. The van der Waals surface area contributed by atoms with Gasteiger partial charge in [0.1, 0.15) is 30.5 Å². The molecule has 5 aromatic rings. The Labute approximate surface area is 234 Å². The van der Waals surface area contributed by atoms with E-state index in [9.17, 15) is 14.0 Å². The molecule has 9 nitrogen and oxygen atoms in total. The molecule has 0 radical (unpaired) electrons. The molecule has 6 rings (SSSR count). The Bertz CT molecular complexity index is 1820. The quantitative estimate of drug-likeness (QED) is 0.242. The van der Waals surface area contributed by atoms with Crippen molar-refractivity contribution in [3.63, 3.8) is 0 Å². The van der Waals surface area contributed by atoms with Crippen molar-refractivity contribution >= 4 is 16.7 Å². The molecule has 0 N–H and O–H groups in total. The lowest BCUT2D eigenvalue weighted by molar-refractivity contribution is 0.0983. The number of fused-ring (bicyclic) bond motifs is 2. The lowest BCUT2D eigenvalue weighted by atomic mass is 10.0. The van der Waals surface area contributed by atoms with Gasteiger partial charge in [-0.2, -0.15) is 5.10 Å². The largest absolute Gasteiger partial charge is 0.486 e. The smallest absolute Gasteiger partial charge is 0.219 e. The second-order valence-electron chi connectivity index (χ2n) is 9.81. The number of hydrogen-bond acceptors (Lipinski definition) is 8. The van der Waals surface area contributed by atoms with E-state index in [2.05, 4.69) is 15.1 Å². The molecule has 0 bridgehead atoms. The Hall–Kier alpha value is -5.12. The highest BCUT2D eigenvalue weighted by molar-refractivity contribution is 5.96. The zero-order chi connectivity index (χ0) is 28.5. The van der Waals surface area contributed by atoms with E-state index < -0.39 is 17.0 Å². The fourth-order valence-corrected chi connectivity index (χ4v) is 4.49. The summed E-state index contributed by atoms with van der Waals surface area (Å²) in [6.07, 6.45) is 4.61. The maximum Gasteiger partial charge on any atom is 0.219 e. The van der Waals surface area contributed by atoms with Crippen LogP contribution in [0.3, 0.4) is 0 Å². The van der Waals surface area contributed by atoms with Crippen LogP contribution in [0.2, 0.25) is 0 Å². The van der Waals surface area contributed by atoms with Crippen molar-refractivity contribution in [3.05, 3.63) is 101 Å². The van der Waals surface area contributed by atoms with Gasteiger partial charge in [0, 0.05) is 41.1 Å². The molecule has 0 spiro atoms. The summed E-state index contributed by atoms with van der Waals surface area (Å²) in [6, 6.07) is 14.2. The predicted molar refractivity (Wildman–Crippen MR) is 149 cm³/mol. The predicted octanol–water partition coefficient (Wildman–Crippen LogP) is 5.56. The number of carbonyl (C=O) groups is 1. The van der Waals surface area contributed by atoms with Gasteiger partial charge in [-0.1, -0.05) is 12.1 Å². The first-order chi connectivity index (χ1) is 19.9. The van der Waals surface area contributed by atoms with Gasteiger partial charge >= 0.3 is 0 Å². The molecule has 1 aliphatic heterocycles. The number of carbonyl (C=O) groups excluding carboxylic acids is 1. The van der Waals surface area contributed by atoms with E-state index in [0.717, 1.165) is 5.39 Å². The molecule has 0 fully saturated rings. The van der Waals surface area contributed by atoms with Gasteiger partial charge in [-0.3, -0.25) is 24.2 Å². The number of ether oxygens (including phenoxy) is 3. The first-order valence-corrected chi connectivity index (χ1v) is 13.1. The second kappa shape index (κ2) is 10.8. The second-order valence-corrected chi connectivity index (χ2v) is 9.81. The van der Waals surface area contributed by atoms with Crippen molar-refractivity contribution < 1.29 is 23.4 Å². The molecule has 4 heterocycles. The van der Waals surface area contributed by atoms with Gasteiger partial charge < -0.3 is 14.2 Å². The van der Waals surface area contributed by atoms with Gasteiger partial charge in [-0.15, -0.1) is 0 Å². The van der Waals surface area contributed by atoms with E-state index >= 15 is 0 Å². The summed E-state index contributed by atoms with van der Waals surface area (Å²) in [5.74, 6) is 1.41. The lowest BCUT2D eigenvalue weighted by Crippen LogP contribution is -2.25. The normalized spacial score (nSPS) is 12.5. The van der Waals surface area contributed by atoms with Crippen LogP contribution >= 0.6 is 0 Å². The molecule has 41 heavy (non-hydrogen) atoms. The molecule has 3 aromatic heterocycles. The minimum atomic E-state index is -0.514. The maximum absolute atomic E-state index is 13.5. The van der Waals surface area contributed by atoms with Gasteiger partial charge in [0.05, 0.1) is 18.1 Å². The molecular formula is C31H25FN4O5. The number of hydrogen-bond donors (Lipinski definition) is 0. The Morgan fingerprint density at radius 3 is 2.49 bits per heavy atom. The molecule has 1 aliphatic rings. The minimum absolute atomic E-state index is 0.107. The molecule has 10 heteroatoms. The zero-order valence-electron chi connectivity index (χ0n) is 22.3. The summed E-state index contributed by atoms with van der Waals surface area (Å²) in [7, 11) is 0. The molecule has 2 aromatic carbocycles. The average Bonchev–Trinajstić information content (AvgIpc) is 2.98. The highest BCUT2D eigenvalue weighted by Crippen LogP contribution is 2.38. The maximum atomic E-state index is 13.5. The summed E-state index contributed by atoms with van der Waals surface area (Å²) in [6.45, 7) is 4.74. The fraction of sp³-hybridized carbons (Fsp3) is 0.194. The van der Waals surface area contributed by atoms with E-state index in [-0.39, 0.29) is 23.7 Å². The van der Waals surface area contributed by atoms with Gasteiger partial charge in [-0.25, -0.2) is 4.39 Å². The number of aromatic nitrogens is 4. The Morgan fingerprint density at radius 1 is 1.02 bits per heavy atom. The summed E-state index contributed by atoms with van der Waals surface area (Å²) >= 11 is 0. The van der Waals surface area contributed by atoms with Crippen molar-refractivity contribution in [1.82, 2.24) is 19.7 Å². The first kappa shape index (κ1) is 26.1. The average molecular weight is 553 g/mol. The topological polar surface area (TPSA) is 105 Å². The lowest BCUT2D eigenvalue weighted by Gasteiger charge is -2.19. The van der Waals surface area contributed by atoms with E-state index in [1.165, 1.54) is 30.5 Å². The molecule has 0 amide bonds. The summed E-state index contributed by atoms with van der Waals surface area (Å²) in [5, 5.41) is 5.06. The van der Waals surface area contributed by atoms with Crippen LogP contribution in [0.1, 0.15) is 36.1 Å². The summed E-state index contributed by atoms with van der Waals surface area (Å²) < 4.78 is 32.4. The SMILES string of the molecule is CC(C)n1cc(-c2ccc(F)cc2)c(=O)c(C(=O)Cc2ccc(Oc3ccnc4cc5c(cc34)OCCO5)cn2)n1. The van der Waals surface area contributed by atoms with Gasteiger partial charge in [0.15, 0.2) is 23.0 Å². The number of Topliss-reactive ketones (excluding diaryl/α,β-unsaturated/α-hetero) is 1. The van der Waals surface area contributed by atoms with Crippen molar-refractivity contribution in [2.75, 3.05) is 13.2 Å². The van der Waals surface area contributed by atoms with Crippen LogP contribution in [-0.4, -0.2) is 38.7 Å². The summed E-state index contributed by atoms with van der Waals surface area (Å²) in [4.78, 5) is 35.3. The Morgan fingerprint density at radius 2 is 1.78 bits per heavy atom. The third-order valence-corrected chi connectivity index (χ3v) is 6.62. The first-order valence-electron chi connectivity index (χ1n) is 13.1. The molecule has 0 saturated carbocycles. The highest BCUT2D eigenvalue weighted by Gasteiger charge is 2.20. The zero-order valence-corrected chi connectivity index (χ0v) is 22.3. The van der Waals surface area contributed by atoms with Crippen LogP contribution in [0.15, 0.2) is 78.0 Å². The number of rotatable bonds is 7. The van der Waals surface area contributed by atoms with Crippen molar-refractivity contribution in [2.45, 2.75) is 26.3 Å². The van der Waals surface area contributed by atoms with Crippen molar-refractivity contribution in [3.8, 4) is 34.1 Å². The fourth-order valence-electron chi connectivity index (χ4n) is 4.49. The molecule has 0 aliphatic carbocycles. The minimum Gasteiger partial charge on any atom is -0.486 e. The molecule has 0 atom stereocenters. The van der Waals surface area contributed by atoms with E-state index in [0.29, 0.717) is 53.0 Å². The number of nitrogens with zero attached hydrogens (tertiary/aromatic N) is 4. The van der Waals surface area contributed by atoms with E-state index in [4.69, 9.17) is 14.2 Å². The van der Waals surface area contributed by atoms with Gasteiger partial charge in [-0.05, 0) is 55.8 Å². The van der Waals surface area contributed by atoms with Gasteiger partial charge in [0.25, 0.3) is 0 Å². The molecule has 206 valence electrons. The number of ketones is 1. The molecule has 0 unspecified atom stereocenters. The van der Waals surface area contributed by atoms with Gasteiger partial charge in [0.2, 0.25) is 5.43 Å². The van der Waals surface area contributed by atoms with Crippen LogP contribution < -0.4 is 19.6 Å². The monoisotopic (exact) mass is 552 g/mol. The molecular weight excluding hydrogens is 527 g/mol. The summed E-state index contributed by atoms with van der Waals surface area (Å²) in [5.41, 5.74) is 1.22. The van der Waals surface area contributed by atoms with E-state index in [1.807, 2.05) is 26.0 Å². The van der Waals surface area contributed by atoms with Crippen molar-refractivity contribution in [2.24, 2.45) is 0 Å². The number of pyridine rings is 2. The van der Waals surface area contributed by atoms with Crippen LogP contribution in [-0.2, 0) is 6.42 Å². The van der Waals surface area contributed by atoms with Crippen molar-refractivity contribution in [1.29, 1.82) is 0 Å². The third kappa shape index (κ3) is 5.36. The Kier molecular flexibility index (Phi) is 6.88. The van der Waals surface area contributed by atoms with Crippen LogP contribution in [0, 0.1) is 5.82 Å². The van der Waals surface area contributed by atoms with Crippen LogP contribution in [0.4, 0.5) is 4.39 Å². The van der Waals surface area contributed by atoms with Crippen LogP contribution in [0.5, 0.6) is 23.0 Å². The highest BCUT2D eigenvalue weighted by atomic mass is 19.1. The van der Waals surface area contributed by atoms with E-state index in [1.54, 1.807) is 35.3 Å². The standard InChI is InChI=1S/C31H25FN4O5/c1-18(2)36-17-24(19-3-5-20(32)6-4-19)31(38)30(35-36)26(37)13-21-7-8-22(16-34-21)41-27-9-10-33-25-15-29-28(14-23(25)27)39-11-12-40-29/h3-10,14-18H,11-13H2,1-2H3. The molecule has 0 saturated heterocycles.